The van der Waals surface area contributed by atoms with Crippen LogP contribution in [0.1, 0.15) is 35.8 Å². The molecule has 1 aliphatic heterocycles. The van der Waals surface area contributed by atoms with Crippen molar-refractivity contribution in [2.24, 2.45) is 0 Å². The third-order valence-corrected chi connectivity index (χ3v) is 5.41. The Morgan fingerprint density at radius 1 is 1.07 bits per heavy atom. The summed E-state index contributed by atoms with van der Waals surface area (Å²) in [5.41, 5.74) is 4.37. The Balaban J connectivity index is 1.37. The second-order valence-corrected chi connectivity index (χ2v) is 7.18. The van der Waals surface area contributed by atoms with Gasteiger partial charge in [-0.1, -0.05) is 11.2 Å². The highest BCUT2D eigenvalue weighted by atomic mass is 19.1. The van der Waals surface area contributed by atoms with Gasteiger partial charge in [0.25, 0.3) is 0 Å². The fraction of sp³-hybridized carbons (Fsp3) is 0.286. The second-order valence-electron chi connectivity index (χ2n) is 7.18. The lowest BCUT2D eigenvalue weighted by Crippen LogP contribution is -2.24. The lowest BCUT2D eigenvalue weighted by molar-refractivity contribution is -0.117. The van der Waals surface area contributed by atoms with Crippen molar-refractivity contribution in [1.82, 2.24) is 10.1 Å². The van der Waals surface area contributed by atoms with Crippen LogP contribution in [0.3, 0.4) is 0 Å². The van der Waals surface area contributed by atoms with Gasteiger partial charge in [0.2, 0.25) is 17.6 Å². The van der Waals surface area contributed by atoms with Gasteiger partial charge in [-0.15, -0.1) is 0 Å². The lowest BCUT2D eigenvalue weighted by atomic mass is 10.1. The molecule has 2 aliphatic rings. The van der Waals surface area contributed by atoms with Gasteiger partial charge in [-0.3, -0.25) is 4.79 Å². The van der Waals surface area contributed by atoms with Crippen molar-refractivity contribution < 1.29 is 13.7 Å². The minimum Gasteiger partial charge on any atom is -0.339 e. The summed E-state index contributed by atoms with van der Waals surface area (Å²) in [6.45, 7) is 0.530. The van der Waals surface area contributed by atoms with Gasteiger partial charge < -0.3 is 9.42 Å². The maximum absolute atomic E-state index is 13.1. The summed E-state index contributed by atoms with van der Waals surface area (Å²) in [7, 11) is 0. The molecule has 27 heavy (non-hydrogen) atoms. The predicted octanol–water partition coefficient (Wildman–Crippen LogP) is 3.88. The van der Waals surface area contributed by atoms with Crippen molar-refractivity contribution in [3.63, 3.8) is 0 Å². The van der Waals surface area contributed by atoms with E-state index < -0.39 is 0 Å². The van der Waals surface area contributed by atoms with E-state index in [1.165, 1.54) is 29.7 Å². The predicted molar refractivity (Wildman–Crippen MR) is 97.9 cm³/mol. The summed E-state index contributed by atoms with van der Waals surface area (Å²) in [6, 6.07) is 12.3. The molecule has 0 spiro atoms. The van der Waals surface area contributed by atoms with Crippen LogP contribution in [0.25, 0.3) is 11.4 Å². The molecule has 2 aromatic carbocycles. The molecular weight excluding hydrogens is 345 g/mol. The Bertz CT molecular complexity index is 1010. The van der Waals surface area contributed by atoms with Gasteiger partial charge in [0.05, 0.1) is 5.92 Å². The molecule has 0 saturated carbocycles. The molecule has 136 valence electrons. The minimum atomic E-state index is -0.311. The zero-order chi connectivity index (χ0) is 18.4. The maximum atomic E-state index is 13.1. The molecule has 1 unspecified atom stereocenters. The van der Waals surface area contributed by atoms with Crippen LogP contribution in [0.15, 0.2) is 47.0 Å². The number of anilines is 1. The molecule has 5 nitrogen and oxygen atoms in total. The molecule has 1 atom stereocenters. The van der Waals surface area contributed by atoms with E-state index in [1.54, 1.807) is 12.1 Å². The Kier molecular flexibility index (Phi) is 3.77. The highest BCUT2D eigenvalue weighted by Crippen LogP contribution is 2.34. The number of amides is 1. The molecule has 2 heterocycles. The second kappa shape index (κ2) is 6.30. The summed E-state index contributed by atoms with van der Waals surface area (Å²) in [6.07, 6.45) is 3.74. The van der Waals surface area contributed by atoms with Gasteiger partial charge in [-0.25, -0.2) is 4.39 Å². The number of nitrogens with zero attached hydrogens (tertiary/aromatic N) is 3. The normalized spacial score (nSPS) is 18.9. The molecule has 3 aromatic rings. The molecule has 1 amide bonds. The van der Waals surface area contributed by atoms with Crippen LogP contribution >= 0.6 is 0 Å². The fourth-order valence-electron chi connectivity index (χ4n) is 3.97. The number of halogens is 1. The van der Waals surface area contributed by atoms with Crippen LogP contribution in [0.5, 0.6) is 0 Å². The zero-order valence-corrected chi connectivity index (χ0v) is 14.7. The van der Waals surface area contributed by atoms with Crippen LogP contribution < -0.4 is 4.90 Å². The highest BCUT2D eigenvalue weighted by Gasteiger charge is 2.35. The number of fused-ring (bicyclic) bond motifs is 1. The van der Waals surface area contributed by atoms with Gasteiger partial charge in [0, 0.05) is 24.2 Å². The van der Waals surface area contributed by atoms with Crippen molar-refractivity contribution in [3.05, 3.63) is 65.3 Å². The first-order valence-electron chi connectivity index (χ1n) is 9.19. The number of aromatic nitrogens is 2. The number of carbonyl (C=O) groups excluding carboxylic acids is 1. The van der Waals surface area contributed by atoms with E-state index in [0.717, 1.165) is 18.5 Å². The van der Waals surface area contributed by atoms with E-state index in [2.05, 4.69) is 22.3 Å². The van der Waals surface area contributed by atoms with Gasteiger partial charge >= 0.3 is 0 Å². The molecule has 0 N–H and O–H groups in total. The Hall–Kier alpha value is -3.02. The lowest BCUT2D eigenvalue weighted by Gasteiger charge is -2.17. The third kappa shape index (κ3) is 2.91. The number of hydrogen-bond donors (Lipinski definition) is 0. The molecule has 5 rings (SSSR count). The van der Waals surface area contributed by atoms with Gasteiger partial charge in [-0.05, 0) is 66.8 Å². The molecular formula is C21H18FN3O2. The average molecular weight is 363 g/mol. The summed E-state index contributed by atoms with van der Waals surface area (Å²) < 4.78 is 18.5. The first-order valence-corrected chi connectivity index (χ1v) is 9.19. The van der Waals surface area contributed by atoms with Crippen LogP contribution in [-0.2, 0) is 17.6 Å². The largest absolute Gasteiger partial charge is 0.339 e. The number of rotatable bonds is 3. The Morgan fingerprint density at radius 3 is 2.74 bits per heavy atom. The molecule has 6 heteroatoms. The smallest absolute Gasteiger partial charge is 0.232 e. The van der Waals surface area contributed by atoms with Crippen LogP contribution in [0.4, 0.5) is 10.1 Å². The van der Waals surface area contributed by atoms with Gasteiger partial charge in [0.15, 0.2) is 0 Å². The summed E-state index contributed by atoms with van der Waals surface area (Å²) in [4.78, 5) is 18.8. The Morgan fingerprint density at radius 2 is 1.89 bits per heavy atom. The maximum Gasteiger partial charge on any atom is 0.232 e. The molecule has 1 aromatic heterocycles. The minimum absolute atomic E-state index is 0.0690. The van der Waals surface area contributed by atoms with Gasteiger partial charge in [-0.2, -0.15) is 4.98 Å². The average Bonchev–Trinajstić information content (AvgIpc) is 3.40. The molecule has 1 saturated heterocycles. The Labute approximate surface area is 155 Å². The van der Waals surface area contributed by atoms with E-state index in [-0.39, 0.29) is 17.6 Å². The van der Waals surface area contributed by atoms with Crippen molar-refractivity contribution in [2.75, 3.05) is 11.4 Å². The van der Waals surface area contributed by atoms with Crippen LogP contribution in [0.2, 0.25) is 0 Å². The van der Waals surface area contributed by atoms with Crippen molar-refractivity contribution in [1.29, 1.82) is 0 Å². The zero-order valence-electron chi connectivity index (χ0n) is 14.7. The van der Waals surface area contributed by atoms with Crippen LogP contribution in [-0.4, -0.2) is 22.6 Å². The standard InChI is InChI=1S/C21H18FN3O2/c22-17-7-4-14(5-8-17)20-23-21(27-24-20)16-11-19(26)25(12-16)18-9-6-13-2-1-3-15(13)10-18/h4-10,16H,1-3,11-12H2. The van der Waals surface area contributed by atoms with E-state index >= 15 is 0 Å². The van der Waals surface area contributed by atoms with E-state index in [0.29, 0.717) is 30.2 Å². The number of benzene rings is 2. The summed E-state index contributed by atoms with van der Waals surface area (Å²) in [5.74, 6) is 0.487. The monoisotopic (exact) mass is 363 g/mol. The fourth-order valence-corrected chi connectivity index (χ4v) is 3.97. The SMILES string of the molecule is O=C1CC(c2nc(-c3ccc(F)cc3)no2)CN1c1ccc2c(c1)CCC2. The van der Waals surface area contributed by atoms with Crippen molar-refractivity contribution in [2.45, 2.75) is 31.6 Å². The van der Waals surface area contributed by atoms with E-state index in [4.69, 9.17) is 4.52 Å². The van der Waals surface area contributed by atoms with E-state index in [9.17, 15) is 9.18 Å². The third-order valence-electron chi connectivity index (χ3n) is 5.41. The van der Waals surface area contributed by atoms with Gasteiger partial charge in [0.1, 0.15) is 5.82 Å². The quantitative estimate of drug-likeness (QED) is 0.708. The number of hydrogen-bond acceptors (Lipinski definition) is 4. The van der Waals surface area contributed by atoms with Crippen molar-refractivity contribution >= 4 is 11.6 Å². The number of aryl methyl sites for hydroxylation is 2. The molecule has 0 radical (unpaired) electrons. The number of carbonyl (C=O) groups is 1. The van der Waals surface area contributed by atoms with E-state index in [1.807, 2.05) is 11.0 Å². The first kappa shape index (κ1) is 16.2. The van der Waals surface area contributed by atoms with Crippen LogP contribution in [0, 0.1) is 5.82 Å². The molecule has 1 aliphatic carbocycles. The molecule has 0 bridgehead atoms. The van der Waals surface area contributed by atoms with Crippen molar-refractivity contribution in [3.8, 4) is 11.4 Å². The first-order chi connectivity index (χ1) is 13.2. The topological polar surface area (TPSA) is 59.2 Å². The highest BCUT2D eigenvalue weighted by molar-refractivity contribution is 5.96. The molecule has 1 fully saturated rings. The summed E-state index contributed by atoms with van der Waals surface area (Å²) >= 11 is 0. The summed E-state index contributed by atoms with van der Waals surface area (Å²) in [5, 5.41) is 3.99.